The fraction of sp³-hybridized carbons (Fsp3) is 0.533. The van der Waals surface area contributed by atoms with E-state index in [2.05, 4.69) is 0 Å². The highest BCUT2D eigenvalue weighted by atomic mass is 16.5. The quantitative estimate of drug-likeness (QED) is 0.857. The molecule has 1 saturated carbocycles. The maximum atomic E-state index is 11.1. The Hall–Kier alpha value is -1.55. The van der Waals surface area contributed by atoms with E-state index in [4.69, 9.17) is 14.6 Å². The zero-order valence-corrected chi connectivity index (χ0v) is 11.2. The van der Waals surface area contributed by atoms with Crippen molar-refractivity contribution in [1.29, 1.82) is 0 Å². The van der Waals surface area contributed by atoms with Crippen molar-refractivity contribution in [3.05, 3.63) is 29.3 Å². The second kappa shape index (κ2) is 6.57. The molecular formula is C15H20O4. The number of hydrogen-bond acceptors (Lipinski definition) is 3. The summed E-state index contributed by atoms with van der Waals surface area (Å²) in [6.07, 6.45) is 5.12. The van der Waals surface area contributed by atoms with Crippen molar-refractivity contribution in [2.75, 3.05) is 13.7 Å². The van der Waals surface area contributed by atoms with Crippen LogP contribution in [0.1, 0.15) is 41.6 Å². The van der Waals surface area contributed by atoms with Gasteiger partial charge >= 0.3 is 5.97 Å². The first-order chi connectivity index (χ1) is 9.20. The SMILES string of the molecule is COc1ccc(COCC2CCCC2)cc1C(=O)O. The molecule has 0 aliphatic heterocycles. The first kappa shape index (κ1) is 13.9. The van der Waals surface area contributed by atoms with E-state index >= 15 is 0 Å². The molecule has 0 saturated heterocycles. The van der Waals surface area contributed by atoms with Gasteiger partial charge in [0.15, 0.2) is 0 Å². The van der Waals surface area contributed by atoms with E-state index in [0.29, 0.717) is 18.3 Å². The number of hydrogen-bond donors (Lipinski definition) is 1. The van der Waals surface area contributed by atoms with Crippen LogP contribution in [0.25, 0.3) is 0 Å². The molecule has 0 atom stereocenters. The van der Waals surface area contributed by atoms with Gasteiger partial charge in [-0.3, -0.25) is 0 Å². The molecule has 1 aliphatic rings. The van der Waals surface area contributed by atoms with Crippen molar-refractivity contribution in [2.24, 2.45) is 5.92 Å². The first-order valence-electron chi connectivity index (χ1n) is 6.68. The van der Waals surface area contributed by atoms with Crippen molar-refractivity contribution >= 4 is 5.97 Å². The van der Waals surface area contributed by atoms with Gasteiger partial charge in [-0.1, -0.05) is 18.9 Å². The summed E-state index contributed by atoms with van der Waals surface area (Å²) in [5, 5.41) is 9.10. The van der Waals surface area contributed by atoms with Crippen LogP contribution in [0.4, 0.5) is 0 Å². The number of carboxylic acid groups (broad SMARTS) is 1. The third kappa shape index (κ3) is 3.70. The van der Waals surface area contributed by atoms with Gasteiger partial charge in [-0.05, 0) is 36.5 Å². The zero-order valence-electron chi connectivity index (χ0n) is 11.2. The molecule has 4 heteroatoms. The molecule has 0 bridgehead atoms. The largest absolute Gasteiger partial charge is 0.496 e. The summed E-state index contributed by atoms with van der Waals surface area (Å²) in [4.78, 5) is 11.1. The van der Waals surface area contributed by atoms with Gasteiger partial charge in [0.1, 0.15) is 11.3 Å². The smallest absolute Gasteiger partial charge is 0.339 e. The third-order valence-corrected chi connectivity index (χ3v) is 3.59. The van der Waals surface area contributed by atoms with E-state index in [1.54, 1.807) is 12.1 Å². The van der Waals surface area contributed by atoms with Crippen LogP contribution in [0.3, 0.4) is 0 Å². The Labute approximate surface area is 113 Å². The number of carboxylic acids is 1. The minimum atomic E-state index is -0.977. The fourth-order valence-electron chi connectivity index (χ4n) is 2.53. The van der Waals surface area contributed by atoms with E-state index in [1.807, 2.05) is 6.07 Å². The van der Waals surface area contributed by atoms with Gasteiger partial charge in [0, 0.05) is 6.61 Å². The summed E-state index contributed by atoms with van der Waals surface area (Å²) in [7, 11) is 1.47. The predicted octanol–water partition coefficient (Wildman–Crippen LogP) is 3.10. The molecule has 0 aromatic heterocycles. The minimum Gasteiger partial charge on any atom is -0.496 e. The number of ether oxygens (including phenoxy) is 2. The average Bonchev–Trinajstić information content (AvgIpc) is 2.91. The Morgan fingerprint density at radius 2 is 2.11 bits per heavy atom. The molecule has 1 N–H and O–H groups in total. The van der Waals surface area contributed by atoms with Crippen LogP contribution in [-0.4, -0.2) is 24.8 Å². The van der Waals surface area contributed by atoms with E-state index in [-0.39, 0.29) is 5.56 Å². The van der Waals surface area contributed by atoms with Gasteiger partial charge in [0.05, 0.1) is 13.7 Å². The molecule has 0 heterocycles. The topological polar surface area (TPSA) is 55.8 Å². The fourth-order valence-corrected chi connectivity index (χ4v) is 2.53. The molecule has 1 aliphatic carbocycles. The van der Waals surface area contributed by atoms with Gasteiger partial charge in [0.2, 0.25) is 0 Å². The van der Waals surface area contributed by atoms with Crippen molar-refractivity contribution in [2.45, 2.75) is 32.3 Å². The summed E-state index contributed by atoms with van der Waals surface area (Å²) in [5.41, 5.74) is 1.06. The maximum Gasteiger partial charge on any atom is 0.339 e. The summed E-state index contributed by atoms with van der Waals surface area (Å²) in [5.74, 6) is 0.0822. The number of aromatic carboxylic acids is 1. The lowest BCUT2D eigenvalue weighted by atomic mass is 10.1. The Kier molecular flexibility index (Phi) is 4.80. The highest BCUT2D eigenvalue weighted by molar-refractivity contribution is 5.91. The summed E-state index contributed by atoms with van der Waals surface area (Å²) in [6.45, 7) is 1.23. The van der Waals surface area contributed by atoms with Crippen molar-refractivity contribution in [3.8, 4) is 5.75 Å². The average molecular weight is 264 g/mol. The monoisotopic (exact) mass is 264 g/mol. The van der Waals surface area contributed by atoms with Gasteiger partial charge in [0.25, 0.3) is 0 Å². The third-order valence-electron chi connectivity index (χ3n) is 3.59. The summed E-state index contributed by atoms with van der Waals surface area (Å²) < 4.78 is 10.7. The normalized spacial score (nSPS) is 15.6. The number of carbonyl (C=O) groups is 1. The summed E-state index contributed by atoms with van der Waals surface area (Å²) >= 11 is 0. The Bertz CT molecular complexity index is 436. The number of rotatable bonds is 6. The predicted molar refractivity (Wildman–Crippen MR) is 71.6 cm³/mol. The molecule has 1 fully saturated rings. The highest BCUT2D eigenvalue weighted by Gasteiger charge is 2.15. The first-order valence-corrected chi connectivity index (χ1v) is 6.68. The Morgan fingerprint density at radius 1 is 1.37 bits per heavy atom. The zero-order chi connectivity index (χ0) is 13.7. The second-order valence-corrected chi connectivity index (χ2v) is 5.01. The van der Waals surface area contributed by atoms with Crippen LogP contribution in [-0.2, 0) is 11.3 Å². The van der Waals surface area contributed by atoms with Crippen LogP contribution < -0.4 is 4.74 Å². The summed E-state index contributed by atoms with van der Waals surface area (Å²) in [6, 6.07) is 5.15. The highest BCUT2D eigenvalue weighted by Crippen LogP contribution is 2.25. The van der Waals surface area contributed by atoms with Gasteiger partial charge < -0.3 is 14.6 Å². The maximum absolute atomic E-state index is 11.1. The van der Waals surface area contributed by atoms with Crippen LogP contribution >= 0.6 is 0 Å². The molecule has 2 rings (SSSR count). The minimum absolute atomic E-state index is 0.185. The molecule has 104 valence electrons. The molecule has 1 aromatic carbocycles. The van der Waals surface area contributed by atoms with Crippen LogP contribution in [0.15, 0.2) is 18.2 Å². The van der Waals surface area contributed by atoms with E-state index in [1.165, 1.54) is 32.8 Å². The van der Waals surface area contributed by atoms with Gasteiger partial charge in [-0.2, -0.15) is 0 Å². The van der Waals surface area contributed by atoms with Crippen molar-refractivity contribution in [1.82, 2.24) is 0 Å². The Morgan fingerprint density at radius 3 is 2.74 bits per heavy atom. The molecule has 1 aromatic rings. The number of methoxy groups -OCH3 is 1. The van der Waals surface area contributed by atoms with Crippen LogP contribution in [0.5, 0.6) is 5.75 Å². The molecule has 0 radical (unpaired) electrons. The molecule has 4 nitrogen and oxygen atoms in total. The molecular weight excluding hydrogens is 244 g/mol. The number of benzene rings is 1. The van der Waals surface area contributed by atoms with E-state index in [9.17, 15) is 4.79 Å². The van der Waals surface area contributed by atoms with Gasteiger partial charge in [-0.25, -0.2) is 4.79 Å². The molecule has 0 spiro atoms. The van der Waals surface area contributed by atoms with E-state index < -0.39 is 5.97 Å². The molecule has 19 heavy (non-hydrogen) atoms. The van der Waals surface area contributed by atoms with Crippen molar-refractivity contribution in [3.63, 3.8) is 0 Å². The van der Waals surface area contributed by atoms with Crippen molar-refractivity contribution < 1.29 is 19.4 Å². The standard InChI is InChI=1S/C15H20O4/c1-18-14-7-6-12(8-13(14)15(16)17)10-19-9-11-4-2-3-5-11/h6-8,11H,2-5,9-10H2,1H3,(H,16,17). The van der Waals surface area contributed by atoms with Crippen LogP contribution in [0.2, 0.25) is 0 Å². The van der Waals surface area contributed by atoms with E-state index in [0.717, 1.165) is 12.2 Å². The molecule has 0 unspecified atom stereocenters. The lowest BCUT2D eigenvalue weighted by Gasteiger charge is -2.11. The van der Waals surface area contributed by atoms with Crippen LogP contribution in [0, 0.1) is 5.92 Å². The second-order valence-electron chi connectivity index (χ2n) is 5.01. The molecule has 0 amide bonds. The lowest BCUT2D eigenvalue weighted by Crippen LogP contribution is -2.06. The van der Waals surface area contributed by atoms with Gasteiger partial charge in [-0.15, -0.1) is 0 Å². The lowest BCUT2D eigenvalue weighted by molar-refractivity contribution is 0.0692. The Balaban J connectivity index is 1.92.